The van der Waals surface area contributed by atoms with Gasteiger partial charge in [-0.1, -0.05) is 17.2 Å². The van der Waals surface area contributed by atoms with Crippen molar-refractivity contribution in [3.8, 4) is 5.75 Å². The van der Waals surface area contributed by atoms with Crippen LogP contribution in [0.1, 0.15) is 6.92 Å². The Hall–Kier alpha value is -3.53. The standard InChI is InChI=1S/C22H19N3O16S5/c1-10(39-46(36,37)38)43(28,29)14-3-4-15-11(7-14)2-5-17(22(15)45(33,34)35)24-25-20-18(44(30,31)32)8-12-6-13(42-41-40-27)9-16(23)19(12)21(20)26/h2-10,26-27H,23H2,1H3,(H,30,31,32)(H,33,34,35)(H,36,37,38). The number of benzene rings is 4. The van der Waals surface area contributed by atoms with E-state index < -0.39 is 77.7 Å². The molecule has 0 saturated carbocycles. The minimum Gasteiger partial charge on any atom is -0.505 e. The van der Waals surface area contributed by atoms with E-state index in [0.717, 1.165) is 43.3 Å². The van der Waals surface area contributed by atoms with Crippen LogP contribution in [0.3, 0.4) is 0 Å². The fourth-order valence-corrected chi connectivity index (χ4v) is 8.14. The maximum absolute atomic E-state index is 12.8. The van der Waals surface area contributed by atoms with Gasteiger partial charge in [-0.15, -0.1) is 14.6 Å². The lowest BCUT2D eigenvalue weighted by Crippen LogP contribution is -2.24. The summed E-state index contributed by atoms with van der Waals surface area (Å²) < 4.78 is 134. The van der Waals surface area contributed by atoms with Crippen LogP contribution in [0.25, 0.3) is 21.5 Å². The fourth-order valence-electron chi connectivity index (χ4n) is 4.20. The number of phenols is 1. The topological polar surface area (TPSA) is 316 Å². The Morgan fingerprint density at radius 2 is 1.52 bits per heavy atom. The Morgan fingerprint density at radius 1 is 0.848 bits per heavy atom. The number of sulfone groups is 1. The molecule has 4 rings (SSSR count). The number of nitrogen functional groups attached to an aromatic ring is 1. The molecule has 4 aromatic rings. The van der Waals surface area contributed by atoms with Crippen molar-refractivity contribution >= 4 is 91.1 Å². The third kappa shape index (κ3) is 7.37. The van der Waals surface area contributed by atoms with Crippen LogP contribution >= 0.6 is 12.0 Å². The highest BCUT2D eigenvalue weighted by atomic mass is 32.3. The normalized spacial score (nSPS) is 13.9. The van der Waals surface area contributed by atoms with Crippen LogP contribution in [0.4, 0.5) is 17.1 Å². The molecule has 0 fully saturated rings. The molecule has 19 nitrogen and oxygen atoms in total. The molecule has 24 heteroatoms. The predicted octanol–water partition coefficient (Wildman–Crippen LogP) is 3.56. The Bertz CT molecular complexity index is 2360. The molecule has 1 unspecified atom stereocenters. The zero-order valence-electron chi connectivity index (χ0n) is 22.4. The maximum atomic E-state index is 12.8. The van der Waals surface area contributed by atoms with Crippen molar-refractivity contribution < 1.29 is 71.2 Å². The molecular formula is C22H19N3O16S5. The van der Waals surface area contributed by atoms with E-state index in [1.807, 2.05) is 0 Å². The van der Waals surface area contributed by atoms with Gasteiger partial charge in [0.2, 0.25) is 9.84 Å². The molecule has 0 aromatic heterocycles. The van der Waals surface area contributed by atoms with Crippen molar-refractivity contribution in [1.29, 1.82) is 0 Å². The molecule has 0 radical (unpaired) electrons. The molecule has 0 heterocycles. The van der Waals surface area contributed by atoms with E-state index in [0.29, 0.717) is 12.0 Å². The number of aromatic hydroxyl groups is 1. The lowest BCUT2D eigenvalue weighted by Gasteiger charge is -2.13. The molecular weight excluding hydrogens is 723 g/mol. The largest absolute Gasteiger partial charge is 0.505 e. The molecule has 0 aliphatic carbocycles. The molecule has 248 valence electrons. The third-order valence-electron chi connectivity index (χ3n) is 6.05. The summed E-state index contributed by atoms with van der Waals surface area (Å²) in [6, 6.07) is 8.01. The summed E-state index contributed by atoms with van der Waals surface area (Å²) in [5.74, 6) is -0.924. The Kier molecular flexibility index (Phi) is 9.66. The predicted molar refractivity (Wildman–Crippen MR) is 158 cm³/mol. The van der Waals surface area contributed by atoms with Crippen molar-refractivity contribution in [1.82, 2.24) is 0 Å². The SMILES string of the molecule is CC(OS(=O)(=O)O)S(=O)(=O)c1ccc2c(S(=O)(=O)O)c(N=Nc3c(S(=O)(=O)O)cc4cc(SOOO)cc(N)c4c3O)ccc2c1. The third-order valence-corrected chi connectivity index (χ3v) is 11.0. The zero-order valence-corrected chi connectivity index (χ0v) is 26.5. The minimum atomic E-state index is -5.19. The number of hydrogen-bond acceptors (Lipinski definition) is 17. The van der Waals surface area contributed by atoms with Gasteiger partial charge in [-0.2, -0.15) is 25.3 Å². The van der Waals surface area contributed by atoms with Crippen LogP contribution < -0.4 is 5.73 Å². The van der Waals surface area contributed by atoms with E-state index in [-0.39, 0.29) is 32.1 Å². The second-order valence-corrected chi connectivity index (χ2v) is 15.8. The first-order chi connectivity index (χ1) is 21.1. The molecule has 7 N–H and O–H groups in total. The van der Waals surface area contributed by atoms with Gasteiger partial charge >= 0.3 is 10.4 Å². The number of azo groups is 1. The van der Waals surface area contributed by atoms with Gasteiger partial charge in [0.1, 0.15) is 21.2 Å². The Balaban J connectivity index is 1.91. The smallest absolute Gasteiger partial charge is 0.398 e. The van der Waals surface area contributed by atoms with Gasteiger partial charge in [-0.05, 0) is 54.1 Å². The summed E-state index contributed by atoms with van der Waals surface area (Å²) in [6.45, 7) is 0.815. The van der Waals surface area contributed by atoms with Crippen LogP contribution in [-0.4, -0.2) is 63.1 Å². The van der Waals surface area contributed by atoms with E-state index in [1.54, 1.807) is 0 Å². The molecule has 0 amide bonds. The van der Waals surface area contributed by atoms with Gasteiger partial charge in [-0.3, -0.25) is 13.7 Å². The Morgan fingerprint density at radius 3 is 2.11 bits per heavy atom. The van der Waals surface area contributed by atoms with E-state index in [9.17, 15) is 47.9 Å². The summed E-state index contributed by atoms with van der Waals surface area (Å²) in [4.78, 5) is -2.37. The number of rotatable bonds is 11. The second kappa shape index (κ2) is 12.6. The zero-order chi connectivity index (χ0) is 34.4. The molecule has 0 aliphatic heterocycles. The minimum absolute atomic E-state index is 0.0699. The van der Waals surface area contributed by atoms with Crippen LogP contribution in [0, 0.1) is 0 Å². The molecule has 4 aromatic carbocycles. The summed E-state index contributed by atoms with van der Waals surface area (Å²) in [6.07, 6.45) is 0. The molecule has 1 atom stereocenters. The first kappa shape index (κ1) is 35.3. The summed E-state index contributed by atoms with van der Waals surface area (Å²) >= 11 is 0.448. The fraction of sp³-hybridized carbons (Fsp3) is 0.0909. The quantitative estimate of drug-likeness (QED) is 0.0319. The van der Waals surface area contributed by atoms with Crippen molar-refractivity contribution in [3.63, 3.8) is 0 Å². The first-order valence-electron chi connectivity index (χ1n) is 11.7. The molecule has 0 saturated heterocycles. The summed E-state index contributed by atoms with van der Waals surface area (Å²) in [7, 11) is -20.1. The molecule has 46 heavy (non-hydrogen) atoms. The van der Waals surface area contributed by atoms with Gasteiger partial charge in [0, 0.05) is 21.4 Å². The van der Waals surface area contributed by atoms with Gasteiger partial charge in [0.05, 0.1) is 16.9 Å². The van der Waals surface area contributed by atoms with E-state index in [1.165, 1.54) is 12.1 Å². The number of fused-ring (bicyclic) bond motifs is 2. The molecule has 0 spiro atoms. The lowest BCUT2D eigenvalue weighted by atomic mass is 10.1. The van der Waals surface area contributed by atoms with Crippen LogP contribution in [0.2, 0.25) is 0 Å². The highest BCUT2D eigenvalue weighted by Gasteiger charge is 2.30. The molecule has 0 bridgehead atoms. The summed E-state index contributed by atoms with van der Waals surface area (Å²) in [5, 5.41) is 29.4. The maximum Gasteiger partial charge on any atom is 0.398 e. The average molecular weight is 742 g/mol. The van der Waals surface area contributed by atoms with Gasteiger partial charge < -0.3 is 10.8 Å². The van der Waals surface area contributed by atoms with Crippen LogP contribution in [0.5, 0.6) is 5.75 Å². The number of hydrogen-bond donors (Lipinski definition) is 6. The van der Waals surface area contributed by atoms with E-state index in [2.05, 4.69) is 23.8 Å². The van der Waals surface area contributed by atoms with Gasteiger partial charge in [0.15, 0.2) is 11.2 Å². The first-order valence-corrected chi connectivity index (χ1v) is 18.3. The van der Waals surface area contributed by atoms with E-state index in [4.69, 9.17) is 15.5 Å². The highest BCUT2D eigenvalue weighted by Crippen LogP contribution is 2.45. The number of nitrogens with zero attached hydrogens (tertiary/aromatic N) is 2. The molecule has 0 aliphatic rings. The van der Waals surface area contributed by atoms with E-state index >= 15 is 0 Å². The monoisotopic (exact) mass is 741 g/mol. The van der Waals surface area contributed by atoms with Crippen LogP contribution in [0.15, 0.2) is 78.3 Å². The summed E-state index contributed by atoms with van der Waals surface area (Å²) in [5.41, 5.74) is 2.17. The number of anilines is 1. The average Bonchev–Trinajstić information content (AvgIpc) is 2.92. The van der Waals surface area contributed by atoms with Gasteiger partial charge in [0.25, 0.3) is 20.2 Å². The van der Waals surface area contributed by atoms with Crippen molar-refractivity contribution in [2.45, 2.75) is 31.9 Å². The lowest BCUT2D eigenvalue weighted by molar-refractivity contribution is -0.432. The van der Waals surface area contributed by atoms with Crippen molar-refractivity contribution in [2.24, 2.45) is 10.2 Å². The Labute approximate surface area is 263 Å². The second-order valence-electron chi connectivity index (χ2n) is 8.99. The van der Waals surface area contributed by atoms with Crippen LogP contribution in [-0.2, 0) is 54.0 Å². The number of nitrogens with two attached hydrogens (primary N) is 1. The van der Waals surface area contributed by atoms with Gasteiger partial charge in [-0.25, -0.2) is 17.9 Å². The number of phenolic OH excluding ortho intramolecular Hbond substituents is 1. The van der Waals surface area contributed by atoms with Crippen molar-refractivity contribution in [2.75, 3.05) is 5.73 Å². The highest BCUT2D eigenvalue weighted by molar-refractivity contribution is 7.94. The van der Waals surface area contributed by atoms with Crippen molar-refractivity contribution in [3.05, 3.63) is 48.5 Å².